The summed E-state index contributed by atoms with van der Waals surface area (Å²) in [6.45, 7) is 3.93. The van der Waals surface area contributed by atoms with Gasteiger partial charge < -0.3 is 15.4 Å². The van der Waals surface area contributed by atoms with E-state index in [-0.39, 0.29) is 18.4 Å². The van der Waals surface area contributed by atoms with Gasteiger partial charge in [0, 0.05) is 17.8 Å². The van der Waals surface area contributed by atoms with E-state index in [4.69, 9.17) is 4.74 Å². The molecule has 2 N–H and O–H groups in total. The Hall–Kier alpha value is -2.34. The zero-order valence-corrected chi connectivity index (χ0v) is 16.6. The maximum Gasteiger partial charge on any atom is 0.262 e. The average molecular weight is 419 g/mol. The Kier molecular flexibility index (Phi) is 7.66. The quantitative estimate of drug-likeness (QED) is 0.648. The van der Waals surface area contributed by atoms with Crippen molar-refractivity contribution in [3.05, 3.63) is 52.5 Å². The molecule has 0 bridgehead atoms. The van der Waals surface area contributed by atoms with E-state index in [1.54, 1.807) is 24.3 Å². The fourth-order valence-electron chi connectivity index (χ4n) is 2.35. The normalized spacial score (nSPS) is 10.3. The summed E-state index contributed by atoms with van der Waals surface area (Å²) in [7, 11) is 0. The first-order valence-corrected chi connectivity index (χ1v) is 9.42. The van der Waals surface area contributed by atoms with Crippen LogP contribution in [0.1, 0.15) is 32.3 Å². The predicted octanol–water partition coefficient (Wildman–Crippen LogP) is 4.77. The van der Waals surface area contributed by atoms with Gasteiger partial charge in [-0.25, -0.2) is 0 Å². The molecule has 5 nitrogen and oxygen atoms in total. The van der Waals surface area contributed by atoms with Crippen LogP contribution in [0.15, 0.2) is 46.9 Å². The van der Waals surface area contributed by atoms with Crippen molar-refractivity contribution in [1.82, 2.24) is 0 Å². The van der Waals surface area contributed by atoms with Crippen molar-refractivity contribution in [3.63, 3.8) is 0 Å². The van der Waals surface area contributed by atoms with Crippen molar-refractivity contribution < 1.29 is 14.3 Å². The average Bonchev–Trinajstić information content (AvgIpc) is 2.61. The number of amides is 2. The monoisotopic (exact) mass is 418 g/mol. The maximum absolute atomic E-state index is 12.1. The number of carbonyl (C=O) groups excluding carboxylic acids is 2. The molecule has 0 aromatic heterocycles. The fraction of sp³-hybridized carbons (Fsp3) is 0.300. The third kappa shape index (κ3) is 6.19. The van der Waals surface area contributed by atoms with E-state index >= 15 is 0 Å². The molecule has 2 aromatic rings. The fourth-order valence-corrected chi connectivity index (χ4v) is 2.89. The lowest BCUT2D eigenvalue weighted by molar-refractivity contribution is -0.118. The van der Waals surface area contributed by atoms with Crippen molar-refractivity contribution in [2.45, 2.75) is 33.1 Å². The van der Waals surface area contributed by atoms with E-state index < -0.39 is 0 Å². The summed E-state index contributed by atoms with van der Waals surface area (Å²) in [5.41, 5.74) is 2.45. The van der Waals surface area contributed by atoms with Gasteiger partial charge in [0.25, 0.3) is 5.91 Å². The summed E-state index contributed by atoms with van der Waals surface area (Å²) in [6, 6.07) is 12.8. The number of benzene rings is 2. The maximum atomic E-state index is 12.1. The number of ether oxygens (including phenoxy) is 1. The molecule has 0 atom stereocenters. The molecule has 0 fully saturated rings. The number of anilines is 2. The van der Waals surface area contributed by atoms with Crippen LogP contribution in [0.25, 0.3) is 0 Å². The molecule has 0 unspecified atom stereocenters. The van der Waals surface area contributed by atoms with Crippen LogP contribution in [0.2, 0.25) is 0 Å². The highest BCUT2D eigenvalue weighted by molar-refractivity contribution is 9.10. The Labute approximate surface area is 162 Å². The van der Waals surface area contributed by atoms with Crippen LogP contribution >= 0.6 is 15.9 Å². The molecule has 0 aliphatic heterocycles. The first-order chi connectivity index (χ1) is 12.5. The molecule has 138 valence electrons. The van der Waals surface area contributed by atoms with Crippen LogP contribution < -0.4 is 15.4 Å². The van der Waals surface area contributed by atoms with E-state index in [1.165, 1.54) is 5.56 Å². The highest BCUT2D eigenvalue weighted by atomic mass is 79.9. The zero-order chi connectivity index (χ0) is 18.9. The van der Waals surface area contributed by atoms with Gasteiger partial charge in [-0.2, -0.15) is 0 Å². The number of halogens is 1. The molecule has 0 spiro atoms. The summed E-state index contributed by atoms with van der Waals surface area (Å²) in [5, 5.41) is 5.57. The lowest BCUT2D eigenvalue weighted by Crippen LogP contribution is -2.20. The second kappa shape index (κ2) is 9.97. The first-order valence-electron chi connectivity index (χ1n) is 8.62. The number of nitrogens with one attached hydrogen (secondary N) is 2. The predicted molar refractivity (Wildman–Crippen MR) is 108 cm³/mol. The molecule has 0 radical (unpaired) electrons. The van der Waals surface area contributed by atoms with Crippen molar-refractivity contribution in [2.75, 3.05) is 17.2 Å². The van der Waals surface area contributed by atoms with Crippen molar-refractivity contribution >= 4 is 39.1 Å². The second-order valence-corrected chi connectivity index (χ2v) is 6.69. The minimum absolute atomic E-state index is 0.0420. The summed E-state index contributed by atoms with van der Waals surface area (Å²) >= 11 is 3.45. The molecule has 0 heterocycles. The van der Waals surface area contributed by atoms with Crippen LogP contribution in [0.5, 0.6) is 5.75 Å². The van der Waals surface area contributed by atoms with Crippen LogP contribution in [0, 0.1) is 0 Å². The molecule has 2 amide bonds. The molecule has 0 saturated heterocycles. The van der Waals surface area contributed by atoms with Gasteiger partial charge in [0.15, 0.2) is 6.61 Å². The number of carbonyl (C=O) groups is 2. The number of rotatable bonds is 8. The van der Waals surface area contributed by atoms with Crippen molar-refractivity contribution in [3.8, 4) is 5.75 Å². The van der Waals surface area contributed by atoms with E-state index in [1.807, 2.05) is 25.1 Å². The summed E-state index contributed by atoms with van der Waals surface area (Å²) in [4.78, 5) is 23.8. The minimum atomic E-state index is -0.270. The van der Waals surface area contributed by atoms with Crippen LogP contribution in [-0.4, -0.2) is 18.4 Å². The third-order valence-electron chi connectivity index (χ3n) is 3.67. The standard InChI is InChI=1S/C20H23BrN2O3/c1-3-6-19(24)22-15-7-5-8-16(12-15)23-20(25)13-26-18-10-9-14(4-2)11-17(18)21/h5,7-12H,3-4,6,13H2,1-2H3,(H,22,24)(H,23,25). The van der Waals surface area contributed by atoms with Gasteiger partial charge >= 0.3 is 0 Å². The van der Waals surface area contributed by atoms with Gasteiger partial charge in [-0.05, 0) is 64.7 Å². The topological polar surface area (TPSA) is 67.4 Å². The molecular formula is C20H23BrN2O3. The highest BCUT2D eigenvalue weighted by Gasteiger charge is 2.08. The SMILES string of the molecule is CCCC(=O)Nc1cccc(NC(=O)COc2ccc(CC)cc2Br)c1. The van der Waals surface area contributed by atoms with E-state index in [2.05, 4.69) is 33.5 Å². The summed E-state index contributed by atoms with van der Waals surface area (Å²) in [5.74, 6) is 0.311. The Balaban J connectivity index is 1.90. The van der Waals surface area contributed by atoms with Crippen LogP contribution in [0.4, 0.5) is 11.4 Å². The first kappa shape index (κ1) is 20.0. The highest BCUT2D eigenvalue weighted by Crippen LogP contribution is 2.26. The molecular weight excluding hydrogens is 396 g/mol. The van der Waals surface area contributed by atoms with Gasteiger partial charge in [0.05, 0.1) is 4.47 Å². The number of aryl methyl sites for hydroxylation is 1. The Morgan fingerprint density at radius 3 is 2.31 bits per heavy atom. The van der Waals surface area contributed by atoms with Gasteiger partial charge in [-0.15, -0.1) is 0 Å². The Morgan fingerprint density at radius 1 is 1.00 bits per heavy atom. The minimum Gasteiger partial charge on any atom is -0.483 e. The van der Waals surface area contributed by atoms with Gasteiger partial charge in [-0.3, -0.25) is 9.59 Å². The lowest BCUT2D eigenvalue weighted by atomic mass is 10.2. The Morgan fingerprint density at radius 2 is 1.69 bits per heavy atom. The van der Waals surface area contributed by atoms with Crippen LogP contribution in [0.3, 0.4) is 0 Å². The number of hydrogen-bond acceptors (Lipinski definition) is 3. The second-order valence-electron chi connectivity index (χ2n) is 5.83. The van der Waals surface area contributed by atoms with Gasteiger partial charge in [-0.1, -0.05) is 26.0 Å². The van der Waals surface area contributed by atoms with Gasteiger partial charge in [0.1, 0.15) is 5.75 Å². The van der Waals surface area contributed by atoms with Gasteiger partial charge in [0.2, 0.25) is 5.91 Å². The molecule has 2 rings (SSSR count). The molecule has 0 aliphatic carbocycles. The molecule has 6 heteroatoms. The molecule has 2 aromatic carbocycles. The smallest absolute Gasteiger partial charge is 0.262 e. The van der Waals surface area contributed by atoms with Crippen LogP contribution in [-0.2, 0) is 16.0 Å². The van der Waals surface area contributed by atoms with Crippen molar-refractivity contribution in [1.29, 1.82) is 0 Å². The lowest BCUT2D eigenvalue weighted by Gasteiger charge is -2.11. The van der Waals surface area contributed by atoms with E-state index in [0.717, 1.165) is 17.3 Å². The zero-order valence-electron chi connectivity index (χ0n) is 15.0. The molecule has 26 heavy (non-hydrogen) atoms. The number of hydrogen-bond donors (Lipinski definition) is 2. The summed E-state index contributed by atoms with van der Waals surface area (Å²) in [6.07, 6.45) is 2.19. The largest absolute Gasteiger partial charge is 0.483 e. The molecule has 0 saturated carbocycles. The third-order valence-corrected chi connectivity index (χ3v) is 4.29. The summed E-state index contributed by atoms with van der Waals surface area (Å²) < 4.78 is 6.39. The van der Waals surface area contributed by atoms with Crippen molar-refractivity contribution in [2.24, 2.45) is 0 Å². The molecule has 0 aliphatic rings. The van der Waals surface area contributed by atoms with E-state index in [0.29, 0.717) is 23.5 Å². The van der Waals surface area contributed by atoms with E-state index in [9.17, 15) is 9.59 Å². The Bertz CT molecular complexity index is 777.